The number of benzene rings is 2. The van der Waals surface area contributed by atoms with Gasteiger partial charge >= 0.3 is 0 Å². The van der Waals surface area contributed by atoms with Crippen LogP contribution in [0.15, 0.2) is 48.5 Å². The third-order valence-corrected chi connectivity index (χ3v) is 3.91. The Kier molecular flexibility index (Phi) is 3.82. The Morgan fingerprint density at radius 1 is 0.909 bits per heavy atom. The van der Waals surface area contributed by atoms with Crippen molar-refractivity contribution < 1.29 is 0 Å². The SMILES string of the molecule is Cc1ccc(-c2cc(CN)nn2-c2cc(C)ccc2C)cc1. The zero-order chi connectivity index (χ0) is 15.7. The normalized spacial score (nSPS) is 10.9. The van der Waals surface area contributed by atoms with Gasteiger partial charge in [-0.15, -0.1) is 0 Å². The standard InChI is InChI=1S/C19H21N3/c1-13-5-8-16(9-6-13)19-11-17(12-20)21-22(19)18-10-14(2)4-7-15(18)3/h4-11H,12,20H2,1-3H3. The van der Waals surface area contributed by atoms with Crippen LogP contribution >= 0.6 is 0 Å². The summed E-state index contributed by atoms with van der Waals surface area (Å²) in [4.78, 5) is 0. The van der Waals surface area contributed by atoms with E-state index < -0.39 is 0 Å². The number of aromatic nitrogens is 2. The maximum atomic E-state index is 5.80. The first kappa shape index (κ1) is 14.5. The van der Waals surface area contributed by atoms with Gasteiger partial charge in [0, 0.05) is 12.1 Å². The smallest absolute Gasteiger partial charge is 0.0771 e. The molecule has 0 radical (unpaired) electrons. The number of nitrogens with two attached hydrogens (primary N) is 1. The van der Waals surface area contributed by atoms with E-state index in [9.17, 15) is 0 Å². The van der Waals surface area contributed by atoms with Gasteiger partial charge in [0.1, 0.15) is 0 Å². The molecule has 1 heterocycles. The van der Waals surface area contributed by atoms with E-state index in [4.69, 9.17) is 10.8 Å². The van der Waals surface area contributed by atoms with E-state index in [1.807, 2.05) is 4.68 Å². The molecule has 0 bridgehead atoms. The molecule has 2 aromatic carbocycles. The van der Waals surface area contributed by atoms with Gasteiger partial charge in [-0.3, -0.25) is 0 Å². The van der Waals surface area contributed by atoms with Crippen molar-refractivity contribution in [3.8, 4) is 16.9 Å². The summed E-state index contributed by atoms with van der Waals surface area (Å²) >= 11 is 0. The van der Waals surface area contributed by atoms with Gasteiger partial charge in [-0.05, 0) is 44.0 Å². The number of hydrogen-bond donors (Lipinski definition) is 1. The van der Waals surface area contributed by atoms with Crippen molar-refractivity contribution in [1.82, 2.24) is 9.78 Å². The van der Waals surface area contributed by atoms with Crippen LogP contribution in [-0.2, 0) is 6.54 Å². The Labute approximate surface area is 131 Å². The predicted octanol–water partition coefficient (Wildman–Crippen LogP) is 3.92. The van der Waals surface area contributed by atoms with Crippen LogP contribution in [0.1, 0.15) is 22.4 Å². The molecule has 3 aromatic rings. The maximum Gasteiger partial charge on any atom is 0.0771 e. The summed E-state index contributed by atoms with van der Waals surface area (Å²) in [6.45, 7) is 6.74. The molecular weight excluding hydrogens is 270 g/mol. The average molecular weight is 291 g/mol. The first-order chi connectivity index (χ1) is 10.6. The third-order valence-electron chi connectivity index (χ3n) is 3.91. The minimum atomic E-state index is 0.441. The molecular formula is C19H21N3. The molecule has 0 aliphatic heterocycles. The highest BCUT2D eigenvalue weighted by Gasteiger charge is 2.12. The molecule has 0 atom stereocenters. The van der Waals surface area contributed by atoms with E-state index in [-0.39, 0.29) is 0 Å². The first-order valence-corrected chi connectivity index (χ1v) is 7.52. The van der Waals surface area contributed by atoms with Gasteiger partial charge in [-0.1, -0.05) is 42.0 Å². The summed E-state index contributed by atoms with van der Waals surface area (Å²) in [5.41, 5.74) is 13.7. The van der Waals surface area contributed by atoms with Gasteiger partial charge in [-0.2, -0.15) is 5.10 Å². The molecule has 0 fully saturated rings. The van der Waals surface area contributed by atoms with Crippen molar-refractivity contribution in [2.24, 2.45) is 5.73 Å². The Bertz CT molecular complexity index is 798. The predicted molar refractivity (Wildman–Crippen MR) is 91.1 cm³/mol. The van der Waals surface area contributed by atoms with E-state index in [1.165, 1.54) is 16.7 Å². The van der Waals surface area contributed by atoms with Crippen LogP contribution < -0.4 is 5.73 Å². The lowest BCUT2D eigenvalue weighted by molar-refractivity contribution is 0.832. The summed E-state index contributed by atoms with van der Waals surface area (Å²) in [5, 5.41) is 4.69. The van der Waals surface area contributed by atoms with Crippen LogP contribution in [0.3, 0.4) is 0 Å². The molecule has 22 heavy (non-hydrogen) atoms. The second kappa shape index (κ2) is 5.78. The van der Waals surface area contributed by atoms with Crippen molar-refractivity contribution >= 4 is 0 Å². The van der Waals surface area contributed by atoms with E-state index in [0.29, 0.717) is 6.54 Å². The van der Waals surface area contributed by atoms with Gasteiger partial charge in [0.15, 0.2) is 0 Å². The maximum absolute atomic E-state index is 5.80. The fraction of sp³-hybridized carbons (Fsp3) is 0.211. The summed E-state index contributed by atoms with van der Waals surface area (Å²) in [6.07, 6.45) is 0. The number of aryl methyl sites for hydroxylation is 3. The second-order valence-electron chi connectivity index (χ2n) is 5.79. The Balaban J connectivity index is 2.21. The molecule has 3 rings (SSSR count). The number of nitrogens with zero attached hydrogens (tertiary/aromatic N) is 2. The topological polar surface area (TPSA) is 43.8 Å². The highest BCUT2D eigenvalue weighted by atomic mass is 15.3. The zero-order valence-electron chi connectivity index (χ0n) is 13.3. The molecule has 0 aliphatic rings. The van der Waals surface area contributed by atoms with Crippen LogP contribution in [0.4, 0.5) is 0 Å². The molecule has 1 aromatic heterocycles. The molecule has 0 amide bonds. The van der Waals surface area contributed by atoms with Crippen LogP contribution in [0.25, 0.3) is 16.9 Å². The highest BCUT2D eigenvalue weighted by molar-refractivity contribution is 5.64. The van der Waals surface area contributed by atoms with Crippen LogP contribution in [0.5, 0.6) is 0 Å². The van der Waals surface area contributed by atoms with E-state index in [1.54, 1.807) is 0 Å². The Morgan fingerprint density at radius 2 is 1.59 bits per heavy atom. The fourth-order valence-corrected chi connectivity index (χ4v) is 2.59. The van der Waals surface area contributed by atoms with Crippen LogP contribution in [-0.4, -0.2) is 9.78 Å². The van der Waals surface area contributed by atoms with Crippen LogP contribution in [0.2, 0.25) is 0 Å². The summed E-state index contributed by atoms with van der Waals surface area (Å²) < 4.78 is 2.01. The fourth-order valence-electron chi connectivity index (χ4n) is 2.59. The molecule has 3 heteroatoms. The second-order valence-corrected chi connectivity index (χ2v) is 5.79. The summed E-state index contributed by atoms with van der Waals surface area (Å²) in [6, 6.07) is 17.0. The molecule has 0 aliphatic carbocycles. The Morgan fingerprint density at radius 3 is 2.27 bits per heavy atom. The molecule has 0 saturated heterocycles. The van der Waals surface area contributed by atoms with Crippen molar-refractivity contribution in [2.45, 2.75) is 27.3 Å². The third kappa shape index (κ3) is 2.68. The van der Waals surface area contributed by atoms with Gasteiger partial charge in [0.2, 0.25) is 0 Å². The molecule has 2 N–H and O–H groups in total. The number of hydrogen-bond acceptors (Lipinski definition) is 2. The lowest BCUT2D eigenvalue weighted by atomic mass is 10.1. The van der Waals surface area contributed by atoms with E-state index in [2.05, 4.69) is 69.3 Å². The number of rotatable bonds is 3. The van der Waals surface area contributed by atoms with E-state index in [0.717, 1.165) is 22.6 Å². The van der Waals surface area contributed by atoms with Gasteiger partial charge in [0.05, 0.1) is 17.1 Å². The van der Waals surface area contributed by atoms with Crippen LogP contribution in [0, 0.1) is 20.8 Å². The van der Waals surface area contributed by atoms with Crippen molar-refractivity contribution in [3.63, 3.8) is 0 Å². The minimum Gasteiger partial charge on any atom is -0.325 e. The quantitative estimate of drug-likeness (QED) is 0.794. The zero-order valence-corrected chi connectivity index (χ0v) is 13.3. The molecule has 3 nitrogen and oxygen atoms in total. The highest BCUT2D eigenvalue weighted by Crippen LogP contribution is 2.26. The Hall–Kier alpha value is -2.39. The minimum absolute atomic E-state index is 0.441. The van der Waals surface area contributed by atoms with E-state index >= 15 is 0 Å². The average Bonchev–Trinajstić information content (AvgIpc) is 2.94. The lowest BCUT2D eigenvalue weighted by Gasteiger charge is -2.11. The molecule has 112 valence electrons. The molecule has 0 unspecified atom stereocenters. The van der Waals surface area contributed by atoms with Crippen molar-refractivity contribution in [1.29, 1.82) is 0 Å². The van der Waals surface area contributed by atoms with Crippen molar-refractivity contribution in [2.75, 3.05) is 0 Å². The molecule has 0 spiro atoms. The van der Waals surface area contributed by atoms with Gasteiger partial charge in [-0.25, -0.2) is 4.68 Å². The summed E-state index contributed by atoms with van der Waals surface area (Å²) in [7, 11) is 0. The van der Waals surface area contributed by atoms with Gasteiger partial charge in [0.25, 0.3) is 0 Å². The summed E-state index contributed by atoms with van der Waals surface area (Å²) in [5.74, 6) is 0. The monoisotopic (exact) mass is 291 g/mol. The first-order valence-electron chi connectivity index (χ1n) is 7.52. The lowest BCUT2D eigenvalue weighted by Crippen LogP contribution is -2.04. The largest absolute Gasteiger partial charge is 0.325 e. The van der Waals surface area contributed by atoms with Gasteiger partial charge < -0.3 is 5.73 Å². The van der Waals surface area contributed by atoms with Crippen molar-refractivity contribution in [3.05, 3.63) is 70.9 Å². The molecule has 0 saturated carbocycles.